The summed E-state index contributed by atoms with van der Waals surface area (Å²) in [6, 6.07) is 0.569. The van der Waals surface area contributed by atoms with Gasteiger partial charge < -0.3 is 5.73 Å². The molecule has 0 radical (unpaired) electrons. The molecule has 2 fully saturated rings. The quantitative estimate of drug-likeness (QED) is 0.579. The summed E-state index contributed by atoms with van der Waals surface area (Å²) in [7, 11) is 0. The third-order valence-electron chi connectivity index (χ3n) is 3.34. The first kappa shape index (κ1) is 8.35. The summed E-state index contributed by atoms with van der Waals surface area (Å²) in [5.74, 6) is 0. The molecule has 2 heteroatoms. The minimum absolute atomic E-state index is 0. The molecule has 1 atom stereocenters. The standard InChI is InChI=1S/C8H15N.ClH/c9-7-3-6-8(7)4-1-2-5-8;/h7H,1-6,9H2;1H. The summed E-state index contributed by atoms with van der Waals surface area (Å²) < 4.78 is 0. The van der Waals surface area contributed by atoms with Gasteiger partial charge in [-0.15, -0.1) is 12.4 Å². The molecular formula is C8H16ClN. The average Bonchev–Trinajstić information content (AvgIpc) is 2.34. The lowest BCUT2D eigenvalue weighted by molar-refractivity contribution is 0.102. The van der Waals surface area contributed by atoms with Crippen LogP contribution in [0.4, 0.5) is 0 Å². The summed E-state index contributed by atoms with van der Waals surface area (Å²) in [4.78, 5) is 0. The lowest BCUT2D eigenvalue weighted by atomic mass is 9.64. The number of halogens is 1. The molecule has 0 aromatic heterocycles. The maximum atomic E-state index is 5.92. The van der Waals surface area contributed by atoms with Gasteiger partial charge in [0.15, 0.2) is 0 Å². The molecule has 0 aliphatic heterocycles. The molecule has 0 amide bonds. The Morgan fingerprint density at radius 1 is 1.10 bits per heavy atom. The highest BCUT2D eigenvalue weighted by atomic mass is 35.5. The first-order chi connectivity index (χ1) is 4.33. The lowest BCUT2D eigenvalue weighted by Crippen LogP contribution is -2.48. The van der Waals surface area contributed by atoms with Gasteiger partial charge in [-0.25, -0.2) is 0 Å². The molecule has 2 saturated carbocycles. The van der Waals surface area contributed by atoms with Crippen LogP contribution in [0.2, 0.25) is 0 Å². The van der Waals surface area contributed by atoms with Gasteiger partial charge in [0, 0.05) is 6.04 Å². The van der Waals surface area contributed by atoms with E-state index in [4.69, 9.17) is 5.73 Å². The summed E-state index contributed by atoms with van der Waals surface area (Å²) in [5, 5.41) is 0. The van der Waals surface area contributed by atoms with Gasteiger partial charge in [-0.2, -0.15) is 0 Å². The third-order valence-corrected chi connectivity index (χ3v) is 3.34. The van der Waals surface area contributed by atoms with E-state index in [0.29, 0.717) is 11.5 Å². The van der Waals surface area contributed by atoms with Crippen LogP contribution in [0.1, 0.15) is 38.5 Å². The van der Waals surface area contributed by atoms with E-state index < -0.39 is 0 Å². The van der Waals surface area contributed by atoms with Crippen molar-refractivity contribution in [3.63, 3.8) is 0 Å². The molecule has 0 bridgehead atoms. The van der Waals surface area contributed by atoms with Crippen LogP contribution in [0.15, 0.2) is 0 Å². The van der Waals surface area contributed by atoms with Crippen LogP contribution >= 0.6 is 12.4 Å². The minimum atomic E-state index is 0. The van der Waals surface area contributed by atoms with Gasteiger partial charge in [0.25, 0.3) is 0 Å². The van der Waals surface area contributed by atoms with Crippen LogP contribution in [0, 0.1) is 5.41 Å². The van der Waals surface area contributed by atoms with Crippen LogP contribution in [-0.2, 0) is 0 Å². The molecule has 0 saturated heterocycles. The molecule has 2 aliphatic carbocycles. The Morgan fingerprint density at radius 2 is 1.70 bits per heavy atom. The van der Waals surface area contributed by atoms with E-state index in [1.807, 2.05) is 0 Å². The van der Waals surface area contributed by atoms with Crippen LogP contribution in [0.25, 0.3) is 0 Å². The second-order valence-electron chi connectivity index (χ2n) is 3.71. The summed E-state index contributed by atoms with van der Waals surface area (Å²) >= 11 is 0. The predicted octanol–water partition coefficient (Wildman–Crippen LogP) is 2.09. The average molecular weight is 162 g/mol. The second kappa shape index (κ2) is 2.71. The Bertz CT molecular complexity index is 118. The van der Waals surface area contributed by atoms with Gasteiger partial charge in [-0.3, -0.25) is 0 Å². The van der Waals surface area contributed by atoms with E-state index in [2.05, 4.69) is 0 Å². The minimum Gasteiger partial charge on any atom is -0.327 e. The van der Waals surface area contributed by atoms with Crippen LogP contribution in [0.3, 0.4) is 0 Å². The Hall–Kier alpha value is 0.250. The van der Waals surface area contributed by atoms with Crippen molar-refractivity contribution < 1.29 is 0 Å². The number of hydrogen-bond acceptors (Lipinski definition) is 1. The fraction of sp³-hybridized carbons (Fsp3) is 1.00. The van der Waals surface area contributed by atoms with E-state index >= 15 is 0 Å². The van der Waals surface area contributed by atoms with Crippen molar-refractivity contribution in [3.05, 3.63) is 0 Å². The van der Waals surface area contributed by atoms with Crippen molar-refractivity contribution in [2.75, 3.05) is 0 Å². The zero-order valence-electron chi connectivity index (χ0n) is 6.31. The van der Waals surface area contributed by atoms with Gasteiger partial charge in [0.05, 0.1) is 0 Å². The maximum absolute atomic E-state index is 5.92. The first-order valence-electron chi connectivity index (χ1n) is 4.09. The highest BCUT2D eigenvalue weighted by Crippen LogP contribution is 2.52. The molecule has 2 N–H and O–H groups in total. The Labute approximate surface area is 68.8 Å². The summed E-state index contributed by atoms with van der Waals surface area (Å²) in [5.41, 5.74) is 6.57. The molecular weight excluding hydrogens is 146 g/mol. The zero-order chi connectivity index (χ0) is 6.32. The SMILES string of the molecule is Cl.NC1CCC12CCCC2. The van der Waals surface area contributed by atoms with E-state index in [9.17, 15) is 0 Å². The van der Waals surface area contributed by atoms with Crippen molar-refractivity contribution in [1.29, 1.82) is 0 Å². The highest BCUT2D eigenvalue weighted by molar-refractivity contribution is 5.85. The summed E-state index contributed by atoms with van der Waals surface area (Å²) in [6.07, 6.45) is 8.44. The number of hydrogen-bond donors (Lipinski definition) is 1. The van der Waals surface area contributed by atoms with Crippen LogP contribution in [-0.4, -0.2) is 6.04 Å². The predicted molar refractivity (Wildman–Crippen MR) is 45.4 cm³/mol. The first-order valence-corrected chi connectivity index (χ1v) is 4.09. The van der Waals surface area contributed by atoms with E-state index in [1.54, 1.807) is 0 Å². The van der Waals surface area contributed by atoms with Gasteiger partial charge in [0.1, 0.15) is 0 Å². The number of nitrogens with two attached hydrogens (primary N) is 1. The molecule has 1 unspecified atom stereocenters. The second-order valence-corrected chi connectivity index (χ2v) is 3.71. The molecule has 0 aromatic rings. The maximum Gasteiger partial charge on any atom is 0.00957 e. The fourth-order valence-corrected chi connectivity index (χ4v) is 2.42. The lowest BCUT2D eigenvalue weighted by Gasteiger charge is -2.45. The molecule has 10 heavy (non-hydrogen) atoms. The Morgan fingerprint density at radius 3 is 1.90 bits per heavy atom. The van der Waals surface area contributed by atoms with Gasteiger partial charge in [0.2, 0.25) is 0 Å². The van der Waals surface area contributed by atoms with Crippen molar-refractivity contribution >= 4 is 12.4 Å². The monoisotopic (exact) mass is 161 g/mol. The molecule has 60 valence electrons. The molecule has 2 rings (SSSR count). The van der Waals surface area contributed by atoms with Crippen LogP contribution < -0.4 is 5.73 Å². The number of rotatable bonds is 0. The summed E-state index contributed by atoms with van der Waals surface area (Å²) in [6.45, 7) is 0. The van der Waals surface area contributed by atoms with Crippen molar-refractivity contribution in [1.82, 2.24) is 0 Å². The van der Waals surface area contributed by atoms with Crippen LogP contribution in [0.5, 0.6) is 0 Å². The van der Waals surface area contributed by atoms with Crippen molar-refractivity contribution in [2.45, 2.75) is 44.6 Å². The Kier molecular flexibility index (Phi) is 2.26. The van der Waals surface area contributed by atoms with E-state index in [0.717, 1.165) is 0 Å². The van der Waals surface area contributed by atoms with Gasteiger partial charge in [-0.1, -0.05) is 12.8 Å². The normalized spacial score (nSPS) is 35.1. The fourth-order valence-electron chi connectivity index (χ4n) is 2.42. The largest absolute Gasteiger partial charge is 0.327 e. The molecule has 1 spiro atoms. The van der Waals surface area contributed by atoms with Crippen molar-refractivity contribution in [3.8, 4) is 0 Å². The van der Waals surface area contributed by atoms with E-state index in [1.165, 1.54) is 38.5 Å². The smallest absolute Gasteiger partial charge is 0.00957 e. The van der Waals surface area contributed by atoms with Gasteiger partial charge in [-0.05, 0) is 31.1 Å². The zero-order valence-corrected chi connectivity index (χ0v) is 7.12. The highest BCUT2D eigenvalue weighted by Gasteiger charge is 2.45. The van der Waals surface area contributed by atoms with Gasteiger partial charge >= 0.3 is 0 Å². The van der Waals surface area contributed by atoms with E-state index in [-0.39, 0.29) is 12.4 Å². The topological polar surface area (TPSA) is 26.0 Å². The molecule has 2 aliphatic rings. The third kappa shape index (κ3) is 0.960. The van der Waals surface area contributed by atoms with Crippen molar-refractivity contribution in [2.24, 2.45) is 11.1 Å². The molecule has 0 heterocycles. The molecule has 0 aromatic carbocycles. The molecule has 1 nitrogen and oxygen atoms in total. The Balaban J connectivity index is 0.000000500.